The number of rotatable bonds is 5. The third kappa shape index (κ3) is 3.43. The van der Waals surface area contributed by atoms with Crippen LogP contribution >= 0.6 is 0 Å². The van der Waals surface area contributed by atoms with Crippen LogP contribution in [0.2, 0.25) is 0 Å². The molecule has 0 saturated heterocycles. The summed E-state index contributed by atoms with van der Waals surface area (Å²) in [5.41, 5.74) is 2.18. The second-order valence-electron chi connectivity index (χ2n) is 4.84. The van der Waals surface area contributed by atoms with Crippen LogP contribution in [0, 0.1) is 6.92 Å². The fourth-order valence-corrected chi connectivity index (χ4v) is 1.76. The number of nitrogens with one attached hydrogen (secondary N) is 1. The van der Waals surface area contributed by atoms with Gasteiger partial charge in [0.1, 0.15) is 5.82 Å². The van der Waals surface area contributed by atoms with Crippen LogP contribution in [0.15, 0.2) is 18.5 Å². The molecule has 0 spiro atoms. The maximum atomic E-state index is 4.55. The van der Waals surface area contributed by atoms with Gasteiger partial charge in [0.15, 0.2) is 0 Å². The Balaban J connectivity index is 2.07. The van der Waals surface area contributed by atoms with Gasteiger partial charge in [0.25, 0.3) is 0 Å². The summed E-state index contributed by atoms with van der Waals surface area (Å²) >= 11 is 0. The first-order valence-electron chi connectivity index (χ1n) is 6.28. The van der Waals surface area contributed by atoms with E-state index in [9.17, 15) is 0 Å². The molecule has 0 bridgehead atoms. The van der Waals surface area contributed by atoms with Crippen LogP contribution in [0.3, 0.4) is 0 Å². The van der Waals surface area contributed by atoms with E-state index in [0.717, 1.165) is 30.4 Å². The molecule has 6 nitrogen and oxygen atoms in total. The highest BCUT2D eigenvalue weighted by atomic mass is 15.3. The average Bonchev–Trinajstić information content (AvgIpc) is 2.88. The van der Waals surface area contributed by atoms with Crippen LogP contribution in [-0.4, -0.2) is 47.9 Å². The van der Waals surface area contributed by atoms with Gasteiger partial charge in [0.05, 0.1) is 6.20 Å². The van der Waals surface area contributed by atoms with Crippen molar-refractivity contribution in [2.45, 2.75) is 13.3 Å². The van der Waals surface area contributed by atoms with Crippen LogP contribution < -0.4 is 9.80 Å². The Morgan fingerprint density at radius 2 is 2.00 bits per heavy atom. The van der Waals surface area contributed by atoms with Gasteiger partial charge >= 0.3 is 0 Å². The van der Waals surface area contributed by atoms with Crippen molar-refractivity contribution in [3.63, 3.8) is 0 Å². The summed E-state index contributed by atoms with van der Waals surface area (Å²) in [4.78, 5) is 13.0. The number of hydrogen-bond acceptors (Lipinski definition) is 5. The van der Waals surface area contributed by atoms with Crippen molar-refractivity contribution in [2.75, 3.05) is 37.5 Å². The molecule has 0 aliphatic heterocycles. The zero-order valence-electron chi connectivity index (χ0n) is 11.9. The highest BCUT2D eigenvalue weighted by Crippen LogP contribution is 2.15. The third-order valence-electron chi connectivity index (χ3n) is 2.91. The molecule has 2 rings (SSSR count). The smallest absolute Gasteiger partial charge is 0.226 e. The van der Waals surface area contributed by atoms with Crippen molar-refractivity contribution >= 4 is 11.8 Å². The Hall–Kier alpha value is -2.11. The highest BCUT2D eigenvalue weighted by Gasteiger charge is 2.08. The topological polar surface area (TPSA) is 60.9 Å². The lowest BCUT2D eigenvalue weighted by Gasteiger charge is -2.20. The van der Waals surface area contributed by atoms with Crippen LogP contribution in [0.4, 0.5) is 11.8 Å². The minimum Gasteiger partial charge on any atom is -0.359 e. The van der Waals surface area contributed by atoms with Gasteiger partial charge in [-0.3, -0.25) is 5.10 Å². The van der Waals surface area contributed by atoms with Crippen molar-refractivity contribution in [3.05, 3.63) is 29.7 Å². The molecule has 0 radical (unpaired) electrons. The molecule has 0 aliphatic carbocycles. The standard InChI is InChI=1S/C13H20N6/c1-10-7-12(17-13(16-10)18(2)3)19(4)6-5-11-8-14-15-9-11/h7-9H,5-6H2,1-4H3,(H,14,15). The van der Waals surface area contributed by atoms with E-state index in [2.05, 4.69) is 25.1 Å². The summed E-state index contributed by atoms with van der Waals surface area (Å²) in [7, 11) is 5.94. The molecule has 0 aliphatic rings. The molecule has 0 aromatic carbocycles. The molecule has 6 heteroatoms. The molecule has 0 amide bonds. The Morgan fingerprint density at radius 1 is 1.21 bits per heavy atom. The fourth-order valence-electron chi connectivity index (χ4n) is 1.76. The van der Waals surface area contributed by atoms with E-state index < -0.39 is 0 Å². The Morgan fingerprint density at radius 3 is 2.63 bits per heavy atom. The minimum atomic E-state index is 0.741. The molecule has 102 valence electrons. The Labute approximate surface area is 113 Å². The van der Waals surface area contributed by atoms with Gasteiger partial charge in [-0.1, -0.05) is 0 Å². The van der Waals surface area contributed by atoms with Crippen molar-refractivity contribution < 1.29 is 0 Å². The molecular weight excluding hydrogens is 240 g/mol. The predicted molar refractivity (Wildman–Crippen MR) is 76.7 cm³/mol. The first kappa shape index (κ1) is 13.3. The molecule has 0 saturated carbocycles. The quantitative estimate of drug-likeness (QED) is 0.876. The highest BCUT2D eigenvalue weighted by molar-refractivity contribution is 5.44. The second kappa shape index (κ2) is 5.69. The molecule has 19 heavy (non-hydrogen) atoms. The van der Waals surface area contributed by atoms with Crippen molar-refractivity contribution in [2.24, 2.45) is 0 Å². The SMILES string of the molecule is Cc1cc(N(C)CCc2cn[nH]c2)nc(N(C)C)n1. The maximum absolute atomic E-state index is 4.55. The molecule has 2 aromatic rings. The molecule has 0 unspecified atom stereocenters. The zero-order valence-corrected chi connectivity index (χ0v) is 11.9. The maximum Gasteiger partial charge on any atom is 0.226 e. The predicted octanol–water partition coefficient (Wildman–Crippen LogP) is 1.25. The fraction of sp³-hybridized carbons (Fsp3) is 0.462. The summed E-state index contributed by atoms with van der Waals surface area (Å²) in [6, 6.07) is 2.00. The summed E-state index contributed by atoms with van der Waals surface area (Å²) in [5, 5.41) is 6.77. The zero-order chi connectivity index (χ0) is 13.8. The van der Waals surface area contributed by atoms with E-state index in [-0.39, 0.29) is 0 Å². The monoisotopic (exact) mass is 260 g/mol. The first-order valence-corrected chi connectivity index (χ1v) is 6.28. The number of aromatic nitrogens is 4. The van der Waals surface area contributed by atoms with Gasteiger partial charge in [-0.2, -0.15) is 10.1 Å². The largest absolute Gasteiger partial charge is 0.359 e. The van der Waals surface area contributed by atoms with Crippen molar-refractivity contribution in [3.8, 4) is 0 Å². The lowest BCUT2D eigenvalue weighted by molar-refractivity contribution is 0.847. The number of hydrogen-bond donors (Lipinski definition) is 1. The molecular formula is C13H20N6. The lowest BCUT2D eigenvalue weighted by Crippen LogP contribution is -2.23. The van der Waals surface area contributed by atoms with Gasteiger partial charge in [-0.15, -0.1) is 0 Å². The van der Waals surface area contributed by atoms with E-state index in [4.69, 9.17) is 0 Å². The summed E-state index contributed by atoms with van der Waals surface area (Å²) in [6.45, 7) is 2.88. The Bertz CT molecular complexity index is 520. The number of H-pyrrole nitrogens is 1. The normalized spacial score (nSPS) is 10.5. The van der Waals surface area contributed by atoms with Crippen LogP contribution in [0.25, 0.3) is 0 Å². The van der Waals surface area contributed by atoms with Gasteiger partial charge in [-0.05, 0) is 18.9 Å². The Kier molecular flexibility index (Phi) is 3.99. The number of aromatic amines is 1. The van der Waals surface area contributed by atoms with Crippen molar-refractivity contribution in [1.82, 2.24) is 20.2 Å². The molecule has 0 fully saturated rings. The molecule has 0 atom stereocenters. The van der Waals surface area contributed by atoms with Gasteiger partial charge in [-0.25, -0.2) is 4.98 Å². The summed E-state index contributed by atoms with van der Waals surface area (Å²) in [6.07, 6.45) is 4.71. The average molecular weight is 260 g/mol. The van der Waals surface area contributed by atoms with E-state index in [1.54, 1.807) is 0 Å². The van der Waals surface area contributed by atoms with Gasteiger partial charge in [0, 0.05) is 45.6 Å². The van der Waals surface area contributed by atoms with Crippen LogP contribution in [0.1, 0.15) is 11.3 Å². The summed E-state index contributed by atoms with van der Waals surface area (Å²) < 4.78 is 0. The number of likely N-dealkylation sites (N-methyl/N-ethyl adjacent to an activating group) is 1. The van der Waals surface area contributed by atoms with Gasteiger partial charge < -0.3 is 9.80 Å². The molecule has 1 N–H and O–H groups in total. The first-order chi connectivity index (χ1) is 9.06. The van der Waals surface area contributed by atoms with Crippen molar-refractivity contribution in [1.29, 1.82) is 0 Å². The van der Waals surface area contributed by atoms with Crippen LogP contribution in [0.5, 0.6) is 0 Å². The third-order valence-corrected chi connectivity index (χ3v) is 2.91. The number of nitrogens with zero attached hydrogens (tertiary/aromatic N) is 5. The number of anilines is 2. The van der Waals surface area contributed by atoms with E-state index >= 15 is 0 Å². The van der Waals surface area contributed by atoms with Gasteiger partial charge in [0.2, 0.25) is 5.95 Å². The molecule has 2 aromatic heterocycles. The second-order valence-corrected chi connectivity index (χ2v) is 4.84. The van der Waals surface area contributed by atoms with E-state index in [1.165, 1.54) is 5.56 Å². The lowest BCUT2D eigenvalue weighted by atomic mass is 10.2. The van der Waals surface area contributed by atoms with Crippen LogP contribution in [-0.2, 0) is 6.42 Å². The summed E-state index contributed by atoms with van der Waals surface area (Å²) in [5.74, 6) is 1.69. The molecule has 2 heterocycles. The van der Waals surface area contributed by atoms with E-state index in [0.29, 0.717) is 0 Å². The number of aryl methyl sites for hydroxylation is 1. The minimum absolute atomic E-state index is 0.741. The van der Waals surface area contributed by atoms with E-state index in [1.807, 2.05) is 51.4 Å².